The summed E-state index contributed by atoms with van der Waals surface area (Å²) >= 11 is 1.15. The number of terminal acetylenes is 1. The molecule has 0 aliphatic heterocycles. The van der Waals surface area contributed by atoms with Crippen molar-refractivity contribution in [3.05, 3.63) is 68.5 Å². The first-order valence-electron chi connectivity index (χ1n) is 8.52. The number of para-hydroxylation sites is 1. The maximum absolute atomic E-state index is 12.6. The Morgan fingerprint density at radius 1 is 1.31 bits per heavy atom. The molecule has 9 heteroatoms. The number of esters is 1. The van der Waals surface area contributed by atoms with E-state index in [1.54, 1.807) is 29.7 Å². The Morgan fingerprint density at radius 3 is 2.76 bits per heavy atom. The Morgan fingerprint density at radius 2 is 2.07 bits per heavy atom. The Bertz CT molecular complexity index is 1230. The van der Waals surface area contributed by atoms with Crippen LogP contribution in [0.4, 0.5) is 5.69 Å². The summed E-state index contributed by atoms with van der Waals surface area (Å²) in [6.07, 6.45) is 5.45. The average Bonchev–Trinajstić information content (AvgIpc) is 3.04. The van der Waals surface area contributed by atoms with Gasteiger partial charge in [-0.3, -0.25) is 14.9 Å². The largest absolute Gasteiger partial charge is 0.462 e. The van der Waals surface area contributed by atoms with Gasteiger partial charge in [0.25, 0.3) is 11.6 Å². The molecule has 0 fully saturated rings. The fourth-order valence-corrected chi connectivity index (χ4v) is 3.77. The molecule has 0 atom stereocenters. The molecular formula is C20H15N3O5S. The van der Waals surface area contributed by atoms with Gasteiger partial charge in [-0.1, -0.05) is 29.4 Å². The molecule has 0 N–H and O–H groups in total. The molecule has 146 valence electrons. The molecule has 8 nitrogen and oxygen atoms in total. The Balaban J connectivity index is 2.14. The van der Waals surface area contributed by atoms with Gasteiger partial charge in [-0.05, 0) is 31.2 Å². The van der Waals surface area contributed by atoms with Gasteiger partial charge in [-0.2, -0.15) is 4.99 Å². The summed E-state index contributed by atoms with van der Waals surface area (Å²) in [7, 11) is 0. The van der Waals surface area contributed by atoms with Crippen molar-refractivity contribution in [1.82, 2.24) is 4.57 Å². The van der Waals surface area contributed by atoms with Crippen LogP contribution in [0.25, 0.3) is 10.2 Å². The van der Waals surface area contributed by atoms with Crippen LogP contribution in [0.1, 0.15) is 27.6 Å². The smallest absolute Gasteiger partial charge is 0.338 e. The van der Waals surface area contributed by atoms with Crippen molar-refractivity contribution in [3.63, 3.8) is 0 Å². The molecule has 1 aromatic heterocycles. The van der Waals surface area contributed by atoms with E-state index in [0.717, 1.165) is 11.3 Å². The van der Waals surface area contributed by atoms with E-state index in [1.165, 1.54) is 24.3 Å². The lowest BCUT2D eigenvalue weighted by Crippen LogP contribution is -2.17. The van der Waals surface area contributed by atoms with E-state index in [0.29, 0.717) is 15.8 Å². The van der Waals surface area contributed by atoms with E-state index in [4.69, 9.17) is 11.2 Å². The van der Waals surface area contributed by atoms with Gasteiger partial charge < -0.3 is 9.30 Å². The zero-order valence-corrected chi connectivity index (χ0v) is 16.1. The van der Waals surface area contributed by atoms with Crippen molar-refractivity contribution in [2.75, 3.05) is 6.61 Å². The number of fused-ring (bicyclic) bond motifs is 1. The van der Waals surface area contributed by atoms with Crippen LogP contribution in [0.2, 0.25) is 0 Å². The number of nitro benzene ring substituents is 1. The lowest BCUT2D eigenvalue weighted by Gasteiger charge is -2.03. The summed E-state index contributed by atoms with van der Waals surface area (Å²) < 4.78 is 7.33. The van der Waals surface area contributed by atoms with Gasteiger partial charge in [0.15, 0.2) is 4.80 Å². The first-order valence-corrected chi connectivity index (χ1v) is 9.34. The molecular weight excluding hydrogens is 394 g/mol. The summed E-state index contributed by atoms with van der Waals surface area (Å²) in [4.78, 5) is 39.5. The normalized spacial score (nSPS) is 11.2. The van der Waals surface area contributed by atoms with Crippen molar-refractivity contribution >= 4 is 39.1 Å². The number of carbonyl (C=O) groups excluding carboxylic acids is 2. The molecule has 0 unspecified atom stereocenters. The van der Waals surface area contributed by atoms with Crippen molar-refractivity contribution in [1.29, 1.82) is 0 Å². The second kappa shape index (κ2) is 8.50. The first-order chi connectivity index (χ1) is 14.0. The molecule has 0 aliphatic carbocycles. The Labute approximate surface area is 169 Å². The van der Waals surface area contributed by atoms with E-state index in [2.05, 4.69) is 10.9 Å². The molecule has 0 saturated carbocycles. The molecule has 0 aliphatic rings. The summed E-state index contributed by atoms with van der Waals surface area (Å²) in [5.74, 6) is 1.29. The Kier molecular flexibility index (Phi) is 5.85. The maximum Gasteiger partial charge on any atom is 0.338 e. The first kappa shape index (κ1) is 20.0. The SMILES string of the molecule is C#CCn1c(=NC(=O)c2ccccc2[N+](=O)[O-])sc2cc(C(=O)OCC)ccc21. The number of benzene rings is 2. The minimum Gasteiger partial charge on any atom is -0.462 e. The number of hydrogen-bond acceptors (Lipinski definition) is 6. The van der Waals surface area contributed by atoms with Gasteiger partial charge >= 0.3 is 5.97 Å². The van der Waals surface area contributed by atoms with Gasteiger partial charge in [0.05, 0.1) is 33.9 Å². The topological polar surface area (TPSA) is 104 Å². The highest BCUT2D eigenvalue weighted by atomic mass is 32.1. The predicted octanol–water partition coefficient (Wildman–Crippen LogP) is 3.16. The van der Waals surface area contributed by atoms with Crippen molar-refractivity contribution < 1.29 is 19.2 Å². The van der Waals surface area contributed by atoms with Gasteiger partial charge in [-0.25, -0.2) is 4.79 Å². The predicted molar refractivity (Wildman–Crippen MR) is 108 cm³/mol. The minimum atomic E-state index is -0.750. The van der Waals surface area contributed by atoms with E-state index < -0.39 is 16.8 Å². The number of thiazole rings is 1. The third-order valence-corrected chi connectivity index (χ3v) is 5.01. The third kappa shape index (κ3) is 4.07. The number of carbonyl (C=O) groups is 2. The molecule has 1 heterocycles. The van der Waals surface area contributed by atoms with E-state index in [9.17, 15) is 19.7 Å². The van der Waals surface area contributed by atoms with Crippen LogP contribution in [0, 0.1) is 22.5 Å². The fourth-order valence-electron chi connectivity index (χ4n) is 2.70. The van der Waals surface area contributed by atoms with Crippen LogP contribution in [0.3, 0.4) is 0 Å². The number of nitrogens with zero attached hydrogens (tertiary/aromatic N) is 3. The van der Waals surface area contributed by atoms with Gasteiger partial charge in [-0.15, -0.1) is 6.42 Å². The summed E-state index contributed by atoms with van der Waals surface area (Å²) in [5.41, 5.74) is 0.616. The second-order valence-corrected chi connectivity index (χ2v) is 6.78. The number of aromatic nitrogens is 1. The molecule has 2 aromatic carbocycles. The lowest BCUT2D eigenvalue weighted by atomic mass is 10.2. The van der Waals surface area contributed by atoms with E-state index in [1.807, 2.05) is 0 Å². The van der Waals surface area contributed by atoms with Crippen LogP contribution < -0.4 is 4.80 Å². The van der Waals surface area contributed by atoms with Crippen molar-refractivity contribution in [2.24, 2.45) is 4.99 Å². The molecule has 0 saturated heterocycles. The van der Waals surface area contributed by atoms with E-state index >= 15 is 0 Å². The third-order valence-electron chi connectivity index (χ3n) is 3.97. The number of ether oxygens (including phenoxy) is 1. The molecule has 3 aromatic rings. The number of nitro groups is 1. The van der Waals surface area contributed by atoms with Gasteiger partial charge in [0.2, 0.25) is 0 Å². The quantitative estimate of drug-likeness (QED) is 0.279. The molecule has 3 rings (SSSR count). The van der Waals surface area contributed by atoms with Crippen molar-refractivity contribution in [3.8, 4) is 12.3 Å². The molecule has 1 amide bonds. The summed E-state index contributed by atoms with van der Waals surface area (Å²) in [6.45, 7) is 2.11. The van der Waals surface area contributed by atoms with Gasteiger partial charge in [0.1, 0.15) is 5.56 Å². The highest BCUT2D eigenvalue weighted by molar-refractivity contribution is 7.16. The monoisotopic (exact) mass is 409 g/mol. The molecule has 0 spiro atoms. The minimum absolute atomic E-state index is 0.116. The average molecular weight is 409 g/mol. The van der Waals surface area contributed by atoms with Crippen LogP contribution in [0.15, 0.2) is 47.5 Å². The standard InChI is InChI=1S/C20H15N3O5S/c1-3-11-22-16-10-9-13(19(25)28-4-2)12-17(16)29-20(22)21-18(24)14-7-5-6-8-15(14)23(26)27/h1,5-10,12H,4,11H2,2H3. The molecule has 29 heavy (non-hydrogen) atoms. The summed E-state index contributed by atoms with van der Waals surface area (Å²) in [5, 5.41) is 11.2. The zero-order chi connectivity index (χ0) is 21.0. The number of hydrogen-bond donors (Lipinski definition) is 0. The van der Waals surface area contributed by atoms with Crippen LogP contribution in [-0.2, 0) is 11.3 Å². The Hall–Kier alpha value is -3.77. The van der Waals surface area contributed by atoms with Crippen molar-refractivity contribution in [2.45, 2.75) is 13.5 Å². The molecule has 0 bridgehead atoms. The van der Waals surface area contributed by atoms with Crippen LogP contribution in [-0.4, -0.2) is 28.0 Å². The number of amides is 1. The number of rotatable bonds is 5. The van der Waals surface area contributed by atoms with Gasteiger partial charge in [0, 0.05) is 6.07 Å². The maximum atomic E-state index is 12.6. The van der Waals surface area contributed by atoms with E-state index in [-0.39, 0.29) is 29.2 Å². The zero-order valence-electron chi connectivity index (χ0n) is 15.3. The highest BCUT2D eigenvalue weighted by Gasteiger charge is 2.19. The molecule has 0 radical (unpaired) electrons. The highest BCUT2D eigenvalue weighted by Crippen LogP contribution is 2.21. The second-order valence-electron chi connectivity index (χ2n) is 5.77. The lowest BCUT2D eigenvalue weighted by molar-refractivity contribution is -0.385. The van der Waals surface area contributed by atoms with Crippen LogP contribution >= 0.6 is 11.3 Å². The van der Waals surface area contributed by atoms with Crippen LogP contribution in [0.5, 0.6) is 0 Å². The fraction of sp³-hybridized carbons (Fsp3) is 0.150. The summed E-state index contributed by atoms with van der Waals surface area (Å²) in [6, 6.07) is 10.5.